The number of guanidine groups is 1. The molecule has 0 unspecified atom stereocenters. The van der Waals surface area contributed by atoms with E-state index in [1.165, 1.54) is 0 Å². The van der Waals surface area contributed by atoms with Crippen LogP contribution in [0.15, 0.2) is 90.2 Å². The molecule has 13 heteroatoms. The van der Waals surface area contributed by atoms with Crippen LogP contribution in [0, 0.1) is 0 Å². The smallest absolute Gasteiger partial charge is 0.243 e. The highest BCUT2D eigenvalue weighted by Gasteiger charge is 2.30. The van der Waals surface area contributed by atoms with Gasteiger partial charge in [0.25, 0.3) is 0 Å². The number of aliphatic imine (C=N–C) groups is 1. The number of amides is 4. The Kier molecular flexibility index (Phi) is 16.2. The lowest BCUT2D eigenvalue weighted by molar-refractivity contribution is -0.134. The molecule has 49 heavy (non-hydrogen) atoms. The minimum atomic E-state index is -1.01. The van der Waals surface area contributed by atoms with Crippen molar-refractivity contribution in [3.63, 3.8) is 0 Å². The molecule has 0 spiro atoms. The Balaban J connectivity index is 1.75. The fraction of sp³-hybridized carbons (Fsp3) is 0.389. The number of nitrogens with two attached hydrogens (primary N) is 3. The summed E-state index contributed by atoms with van der Waals surface area (Å²) in [5.74, 6) is -1.99. The second-order valence-corrected chi connectivity index (χ2v) is 11.8. The van der Waals surface area contributed by atoms with Gasteiger partial charge in [0.15, 0.2) is 5.96 Å². The van der Waals surface area contributed by atoms with Gasteiger partial charge in [-0.15, -0.1) is 0 Å². The number of nitrogens with one attached hydrogen (secondary N) is 4. The first-order valence-corrected chi connectivity index (χ1v) is 16.6. The van der Waals surface area contributed by atoms with Crippen LogP contribution in [0.4, 0.5) is 0 Å². The number of unbranched alkanes of at least 4 members (excludes halogenated alkanes) is 1. The Bertz CT molecular complexity index is 1490. The van der Waals surface area contributed by atoms with Crippen LogP contribution in [-0.4, -0.2) is 65.3 Å². The normalized spacial score (nSPS) is 13.2. The van der Waals surface area contributed by atoms with Gasteiger partial charge in [0.05, 0.1) is 6.04 Å². The van der Waals surface area contributed by atoms with E-state index in [1.807, 2.05) is 67.6 Å². The van der Waals surface area contributed by atoms with Gasteiger partial charge in [0.2, 0.25) is 23.6 Å². The third-order valence-electron chi connectivity index (χ3n) is 7.82. The predicted molar refractivity (Wildman–Crippen MR) is 190 cm³/mol. The van der Waals surface area contributed by atoms with Crippen molar-refractivity contribution in [2.75, 3.05) is 6.54 Å². The number of carbonyl (C=O) groups is 4. The number of nitrogens with zero attached hydrogens (tertiary/aromatic N) is 2. The van der Waals surface area contributed by atoms with Crippen LogP contribution in [0.3, 0.4) is 0 Å². The number of aromatic nitrogens is 1. The molecule has 0 saturated carbocycles. The first kappa shape index (κ1) is 38.2. The van der Waals surface area contributed by atoms with Crippen molar-refractivity contribution < 1.29 is 19.2 Å². The van der Waals surface area contributed by atoms with E-state index in [2.05, 4.69) is 31.2 Å². The Morgan fingerprint density at radius 3 is 1.80 bits per heavy atom. The van der Waals surface area contributed by atoms with Gasteiger partial charge in [0.1, 0.15) is 18.1 Å². The highest BCUT2D eigenvalue weighted by Crippen LogP contribution is 2.09. The molecule has 0 fully saturated rings. The standard InChI is InChI=1S/C36H49N9O4/c1-2-3-15-30(34(48)43-29(16-10-19-41-36(38)39)33(47)42-24-27-17-20-40-21-18-27)44-35(49)31(23-26-13-8-5-9-14-26)45-32(46)28(37)22-25-11-6-4-7-12-25/h4-9,11-14,17-18,20-21,28-31H,2-3,10,15-16,19,22-24,37H2,1H3,(H,42,47)(H,43,48)(H,44,49)(H,45,46)(H4,38,39,41)/t28-,29-,30-,31+/m1/s1. The molecule has 0 radical (unpaired) electrons. The molecule has 0 saturated heterocycles. The average molecular weight is 672 g/mol. The monoisotopic (exact) mass is 671 g/mol. The predicted octanol–water partition coefficient (Wildman–Crippen LogP) is 1.21. The summed E-state index contributed by atoms with van der Waals surface area (Å²) in [6.45, 7) is 2.49. The van der Waals surface area contributed by atoms with Crippen LogP contribution >= 0.6 is 0 Å². The fourth-order valence-electron chi connectivity index (χ4n) is 5.11. The number of rotatable bonds is 20. The molecule has 0 aliphatic heterocycles. The number of hydrogen-bond donors (Lipinski definition) is 7. The van der Waals surface area contributed by atoms with Crippen molar-refractivity contribution in [1.29, 1.82) is 0 Å². The van der Waals surface area contributed by atoms with Crippen LogP contribution < -0.4 is 38.5 Å². The summed E-state index contributed by atoms with van der Waals surface area (Å²) in [6.07, 6.45) is 6.14. The van der Waals surface area contributed by atoms with Crippen molar-refractivity contribution in [3.8, 4) is 0 Å². The van der Waals surface area contributed by atoms with Crippen LogP contribution in [0.1, 0.15) is 55.7 Å². The molecule has 2 aromatic carbocycles. The number of benzene rings is 2. The second kappa shape index (κ2) is 20.8. The molecule has 0 bridgehead atoms. The van der Waals surface area contributed by atoms with Crippen LogP contribution in [0.25, 0.3) is 0 Å². The van der Waals surface area contributed by atoms with Crippen molar-refractivity contribution in [2.24, 2.45) is 22.2 Å². The van der Waals surface area contributed by atoms with Gasteiger partial charge in [-0.2, -0.15) is 0 Å². The van der Waals surface area contributed by atoms with Crippen molar-refractivity contribution in [2.45, 2.75) is 82.6 Å². The minimum absolute atomic E-state index is 0.0664. The van der Waals surface area contributed by atoms with Gasteiger partial charge >= 0.3 is 0 Å². The molecule has 10 N–H and O–H groups in total. The highest BCUT2D eigenvalue weighted by atomic mass is 16.2. The molecule has 4 amide bonds. The van der Waals surface area contributed by atoms with Gasteiger partial charge in [-0.05, 0) is 54.5 Å². The van der Waals surface area contributed by atoms with Crippen molar-refractivity contribution in [1.82, 2.24) is 26.3 Å². The Labute approximate surface area is 287 Å². The molecule has 0 aliphatic rings. The Hall–Kier alpha value is -5.30. The molecule has 0 aliphatic carbocycles. The maximum absolute atomic E-state index is 13.8. The van der Waals surface area contributed by atoms with E-state index < -0.39 is 47.8 Å². The minimum Gasteiger partial charge on any atom is -0.370 e. The van der Waals surface area contributed by atoms with Crippen LogP contribution in [0.2, 0.25) is 0 Å². The highest BCUT2D eigenvalue weighted by molar-refractivity contribution is 5.95. The maximum atomic E-state index is 13.8. The molecule has 1 heterocycles. The van der Waals surface area contributed by atoms with Gasteiger partial charge in [-0.3, -0.25) is 29.2 Å². The molecular weight excluding hydrogens is 622 g/mol. The zero-order chi connectivity index (χ0) is 35.4. The van der Waals surface area contributed by atoms with Crippen molar-refractivity contribution in [3.05, 3.63) is 102 Å². The maximum Gasteiger partial charge on any atom is 0.243 e. The SMILES string of the molecule is CCCC[C@@H](NC(=O)[C@H](Cc1ccccc1)NC(=O)[C@H](N)Cc1ccccc1)C(=O)N[C@H](CCCN=C(N)N)C(=O)NCc1ccncc1. The van der Waals surface area contributed by atoms with Crippen molar-refractivity contribution >= 4 is 29.6 Å². The summed E-state index contributed by atoms with van der Waals surface area (Å²) in [7, 11) is 0. The second-order valence-electron chi connectivity index (χ2n) is 11.8. The zero-order valence-corrected chi connectivity index (χ0v) is 28.0. The molecule has 13 nitrogen and oxygen atoms in total. The van der Waals surface area contributed by atoms with E-state index in [4.69, 9.17) is 17.2 Å². The van der Waals surface area contributed by atoms with Gasteiger partial charge in [0, 0.05) is 31.9 Å². The summed E-state index contributed by atoms with van der Waals surface area (Å²) in [4.78, 5) is 62.1. The van der Waals surface area contributed by atoms with Gasteiger partial charge in [-0.1, -0.05) is 80.4 Å². The summed E-state index contributed by atoms with van der Waals surface area (Å²) in [5.41, 5.74) is 19.7. The first-order valence-electron chi connectivity index (χ1n) is 16.6. The quantitative estimate of drug-likeness (QED) is 0.0525. The summed E-state index contributed by atoms with van der Waals surface area (Å²) in [6, 6.07) is 18.4. The zero-order valence-electron chi connectivity index (χ0n) is 28.0. The topological polar surface area (TPSA) is 220 Å². The van der Waals surface area contributed by atoms with Gasteiger partial charge in [-0.25, -0.2) is 0 Å². The number of pyridine rings is 1. The molecule has 1 aromatic heterocycles. The lowest BCUT2D eigenvalue weighted by atomic mass is 10.0. The fourth-order valence-corrected chi connectivity index (χ4v) is 5.11. The van der Waals surface area contributed by atoms with E-state index in [9.17, 15) is 19.2 Å². The van der Waals surface area contributed by atoms with Crippen LogP contribution in [0.5, 0.6) is 0 Å². The van der Waals surface area contributed by atoms with Crippen LogP contribution in [-0.2, 0) is 38.6 Å². The molecular formula is C36H49N9O4. The van der Waals surface area contributed by atoms with E-state index in [0.29, 0.717) is 25.7 Å². The van der Waals surface area contributed by atoms with E-state index in [1.54, 1.807) is 24.5 Å². The first-order chi connectivity index (χ1) is 23.7. The Morgan fingerprint density at radius 1 is 0.673 bits per heavy atom. The molecule has 3 rings (SSSR count). The third kappa shape index (κ3) is 14.2. The summed E-state index contributed by atoms with van der Waals surface area (Å²) < 4.78 is 0. The number of carbonyl (C=O) groups excluding carboxylic acids is 4. The van der Waals surface area contributed by atoms with E-state index >= 15 is 0 Å². The molecule has 262 valence electrons. The van der Waals surface area contributed by atoms with E-state index in [0.717, 1.165) is 23.1 Å². The summed E-state index contributed by atoms with van der Waals surface area (Å²) >= 11 is 0. The molecule has 4 atom stereocenters. The lowest BCUT2D eigenvalue weighted by Gasteiger charge is -2.26. The van der Waals surface area contributed by atoms with E-state index in [-0.39, 0.29) is 31.9 Å². The Morgan fingerprint density at radius 2 is 1.20 bits per heavy atom. The largest absolute Gasteiger partial charge is 0.370 e. The van der Waals surface area contributed by atoms with Gasteiger partial charge < -0.3 is 38.5 Å². The molecule has 3 aromatic rings. The summed E-state index contributed by atoms with van der Waals surface area (Å²) in [5, 5.41) is 11.4. The number of hydrogen-bond acceptors (Lipinski definition) is 7. The lowest BCUT2D eigenvalue weighted by Crippen LogP contribution is -2.58. The third-order valence-corrected chi connectivity index (χ3v) is 7.82. The average Bonchev–Trinajstić information content (AvgIpc) is 3.10.